The Bertz CT molecular complexity index is 874. The molecule has 0 unspecified atom stereocenters. The lowest BCUT2D eigenvalue weighted by Crippen LogP contribution is -2.27. The first kappa shape index (κ1) is 17.1. The van der Waals surface area contributed by atoms with Gasteiger partial charge in [-0.2, -0.15) is 0 Å². The van der Waals surface area contributed by atoms with Crippen LogP contribution in [0.5, 0.6) is 0 Å². The monoisotopic (exact) mass is 356 g/mol. The number of aromatic carboxylic acids is 1. The molecule has 0 radical (unpaired) electrons. The molecule has 1 aromatic heterocycles. The maximum atomic E-state index is 11.8. The molecule has 6 nitrogen and oxygen atoms in total. The van der Waals surface area contributed by atoms with Crippen LogP contribution in [0.3, 0.4) is 0 Å². The van der Waals surface area contributed by atoms with E-state index in [1.165, 1.54) is 12.1 Å². The fourth-order valence-corrected chi connectivity index (χ4v) is 3.18. The number of thiazole rings is 1. The number of nitrogens with one attached hydrogen (secondary N) is 1. The number of hydrogen-bond acceptors (Lipinski definition) is 5. The van der Waals surface area contributed by atoms with Crippen LogP contribution in [-0.2, 0) is 22.7 Å². The van der Waals surface area contributed by atoms with Crippen molar-refractivity contribution < 1.29 is 19.4 Å². The molecule has 0 fully saturated rings. The molecule has 2 N–H and O–H groups in total. The van der Waals surface area contributed by atoms with Gasteiger partial charge in [0.15, 0.2) is 0 Å². The van der Waals surface area contributed by atoms with Crippen molar-refractivity contribution in [3.05, 3.63) is 64.7 Å². The number of ether oxygens (including phenoxy) is 1. The predicted octanol–water partition coefficient (Wildman–Crippen LogP) is 2.83. The number of carboxylic acid groups (broad SMARTS) is 1. The van der Waals surface area contributed by atoms with Crippen molar-refractivity contribution in [1.29, 1.82) is 0 Å². The van der Waals surface area contributed by atoms with Crippen LogP contribution in [0.25, 0.3) is 10.2 Å². The van der Waals surface area contributed by atoms with E-state index in [1.807, 2.05) is 24.3 Å². The highest BCUT2D eigenvalue weighted by molar-refractivity contribution is 7.18. The Balaban J connectivity index is 1.45. The number of fused-ring (bicyclic) bond motifs is 1. The third-order valence-corrected chi connectivity index (χ3v) is 4.47. The summed E-state index contributed by atoms with van der Waals surface area (Å²) >= 11 is 1.54. The quantitative estimate of drug-likeness (QED) is 0.680. The largest absolute Gasteiger partial charge is 0.478 e. The summed E-state index contributed by atoms with van der Waals surface area (Å²) in [5.74, 6) is -1.26. The summed E-state index contributed by atoms with van der Waals surface area (Å²) in [6, 6.07) is 14.3. The minimum atomic E-state index is -0.993. The minimum Gasteiger partial charge on any atom is -0.478 e. The average Bonchev–Trinajstić information content (AvgIpc) is 3.03. The molecular weight excluding hydrogens is 340 g/mol. The summed E-state index contributed by atoms with van der Waals surface area (Å²) in [4.78, 5) is 27.2. The van der Waals surface area contributed by atoms with Crippen LogP contribution in [0.2, 0.25) is 0 Å². The second-order valence-corrected chi connectivity index (χ2v) is 6.47. The molecule has 128 valence electrons. The van der Waals surface area contributed by atoms with Gasteiger partial charge in [0.25, 0.3) is 0 Å². The molecule has 2 aromatic carbocycles. The zero-order valence-corrected chi connectivity index (χ0v) is 14.1. The van der Waals surface area contributed by atoms with Crippen LogP contribution < -0.4 is 5.32 Å². The summed E-state index contributed by atoms with van der Waals surface area (Å²) in [5, 5.41) is 12.5. The van der Waals surface area contributed by atoms with Crippen molar-refractivity contribution >= 4 is 33.4 Å². The Labute approximate surface area is 148 Å². The van der Waals surface area contributed by atoms with Crippen LogP contribution in [0.4, 0.5) is 0 Å². The van der Waals surface area contributed by atoms with Crippen LogP contribution in [-0.4, -0.2) is 28.6 Å². The van der Waals surface area contributed by atoms with Gasteiger partial charge in [0.05, 0.1) is 22.4 Å². The SMILES string of the molecule is O=C(COCc1nc2ccccc2s1)NCc1cccc(C(=O)O)c1. The fraction of sp³-hybridized carbons (Fsp3) is 0.167. The van der Waals surface area contributed by atoms with Crippen LogP contribution >= 0.6 is 11.3 Å². The van der Waals surface area contributed by atoms with E-state index < -0.39 is 5.97 Å². The number of amides is 1. The first-order chi connectivity index (χ1) is 12.1. The molecule has 3 rings (SSSR count). The lowest BCUT2D eigenvalue weighted by atomic mass is 10.1. The van der Waals surface area contributed by atoms with Gasteiger partial charge in [-0.05, 0) is 29.8 Å². The maximum absolute atomic E-state index is 11.8. The van der Waals surface area contributed by atoms with E-state index in [0.717, 1.165) is 20.8 Å². The van der Waals surface area contributed by atoms with E-state index in [1.54, 1.807) is 23.5 Å². The van der Waals surface area contributed by atoms with Crippen molar-refractivity contribution in [2.24, 2.45) is 0 Å². The smallest absolute Gasteiger partial charge is 0.335 e. The third kappa shape index (κ3) is 4.62. The standard InChI is InChI=1S/C18H16N2O4S/c21-16(19-9-12-4-3-5-13(8-12)18(22)23)10-24-11-17-20-14-6-1-2-7-15(14)25-17/h1-8H,9-11H2,(H,19,21)(H,22,23). The van der Waals surface area contributed by atoms with Gasteiger partial charge in [-0.15, -0.1) is 11.3 Å². The lowest BCUT2D eigenvalue weighted by Gasteiger charge is -2.06. The lowest BCUT2D eigenvalue weighted by molar-refractivity contribution is -0.126. The molecule has 0 atom stereocenters. The molecule has 0 saturated heterocycles. The van der Waals surface area contributed by atoms with Gasteiger partial charge >= 0.3 is 5.97 Å². The topological polar surface area (TPSA) is 88.5 Å². The van der Waals surface area contributed by atoms with Gasteiger partial charge < -0.3 is 15.2 Å². The molecule has 25 heavy (non-hydrogen) atoms. The molecule has 1 amide bonds. The van der Waals surface area contributed by atoms with Gasteiger partial charge in [-0.25, -0.2) is 9.78 Å². The molecule has 0 bridgehead atoms. The van der Waals surface area contributed by atoms with Gasteiger partial charge in [0.1, 0.15) is 11.6 Å². The summed E-state index contributed by atoms with van der Waals surface area (Å²) in [6.07, 6.45) is 0. The number of benzene rings is 2. The minimum absolute atomic E-state index is 0.0749. The first-order valence-electron chi connectivity index (χ1n) is 7.63. The van der Waals surface area contributed by atoms with Crippen molar-refractivity contribution in [2.75, 3.05) is 6.61 Å². The van der Waals surface area contributed by atoms with E-state index in [0.29, 0.717) is 0 Å². The molecular formula is C18H16N2O4S. The maximum Gasteiger partial charge on any atom is 0.335 e. The van der Waals surface area contributed by atoms with Crippen molar-refractivity contribution in [3.63, 3.8) is 0 Å². The summed E-state index contributed by atoms with van der Waals surface area (Å²) in [6.45, 7) is 0.459. The Morgan fingerprint density at radius 3 is 2.80 bits per heavy atom. The molecule has 1 heterocycles. The Hall–Kier alpha value is -2.77. The van der Waals surface area contributed by atoms with E-state index in [4.69, 9.17) is 9.84 Å². The summed E-state index contributed by atoms with van der Waals surface area (Å²) in [5.41, 5.74) is 1.84. The Kier molecular flexibility index (Phi) is 5.37. The van der Waals surface area contributed by atoms with E-state index in [-0.39, 0.29) is 31.2 Å². The molecule has 0 aliphatic heterocycles. The number of para-hydroxylation sites is 1. The van der Waals surface area contributed by atoms with Gasteiger partial charge in [0.2, 0.25) is 5.91 Å². The highest BCUT2D eigenvalue weighted by atomic mass is 32.1. The van der Waals surface area contributed by atoms with Crippen LogP contribution in [0, 0.1) is 0 Å². The van der Waals surface area contributed by atoms with E-state index >= 15 is 0 Å². The van der Waals surface area contributed by atoms with E-state index in [2.05, 4.69) is 10.3 Å². The first-order valence-corrected chi connectivity index (χ1v) is 8.44. The number of aromatic nitrogens is 1. The van der Waals surface area contributed by atoms with Crippen molar-refractivity contribution in [3.8, 4) is 0 Å². The number of nitrogens with zero attached hydrogens (tertiary/aromatic N) is 1. The van der Waals surface area contributed by atoms with Crippen molar-refractivity contribution in [1.82, 2.24) is 10.3 Å². The Morgan fingerprint density at radius 2 is 2.00 bits per heavy atom. The number of rotatable bonds is 7. The number of hydrogen-bond donors (Lipinski definition) is 2. The normalized spacial score (nSPS) is 10.7. The number of carbonyl (C=O) groups excluding carboxylic acids is 1. The van der Waals surface area contributed by atoms with Crippen LogP contribution in [0.15, 0.2) is 48.5 Å². The van der Waals surface area contributed by atoms with Crippen LogP contribution in [0.1, 0.15) is 20.9 Å². The molecule has 7 heteroatoms. The number of carbonyl (C=O) groups is 2. The molecule has 0 aliphatic rings. The predicted molar refractivity (Wildman–Crippen MR) is 94.5 cm³/mol. The van der Waals surface area contributed by atoms with E-state index in [9.17, 15) is 9.59 Å². The molecule has 3 aromatic rings. The third-order valence-electron chi connectivity index (χ3n) is 3.46. The number of carboxylic acids is 1. The summed E-state index contributed by atoms with van der Waals surface area (Å²) in [7, 11) is 0. The second-order valence-electron chi connectivity index (χ2n) is 5.35. The average molecular weight is 356 g/mol. The highest BCUT2D eigenvalue weighted by Crippen LogP contribution is 2.21. The second kappa shape index (κ2) is 7.87. The van der Waals surface area contributed by atoms with Crippen molar-refractivity contribution in [2.45, 2.75) is 13.2 Å². The van der Waals surface area contributed by atoms with Gasteiger partial charge in [-0.3, -0.25) is 4.79 Å². The molecule has 0 saturated carbocycles. The Morgan fingerprint density at radius 1 is 1.16 bits per heavy atom. The zero-order chi connectivity index (χ0) is 17.6. The highest BCUT2D eigenvalue weighted by Gasteiger charge is 2.07. The molecule has 0 spiro atoms. The summed E-state index contributed by atoms with van der Waals surface area (Å²) < 4.78 is 6.49. The van der Waals surface area contributed by atoms with Gasteiger partial charge in [0, 0.05) is 6.54 Å². The fourth-order valence-electron chi connectivity index (χ4n) is 2.28. The zero-order valence-electron chi connectivity index (χ0n) is 13.3. The van der Waals surface area contributed by atoms with Gasteiger partial charge in [-0.1, -0.05) is 24.3 Å². The molecule has 0 aliphatic carbocycles.